The van der Waals surface area contributed by atoms with Crippen molar-refractivity contribution >= 4 is 11.6 Å². The van der Waals surface area contributed by atoms with Gasteiger partial charge in [-0.25, -0.2) is 5.43 Å². The number of fused-ring (bicyclic) bond motifs is 1. The van der Waals surface area contributed by atoms with Crippen LogP contribution in [-0.4, -0.2) is 18.2 Å². The van der Waals surface area contributed by atoms with Crippen LogP contribution < -0.4 is 10.2 Å². The lowest BCUT2D eigenvalue weighted by Gasteiger charge is -2.16. The fourth-order valence-electron chi connectivity index (χ4n) is 3.03. The summed E-state index contributed by atoms with van der Waals surface area (Å²) >= 11 is 0. The van der Waals surface area contributed by atoms with Crippen molar-refractivity contribution in [2.45, 2.75) is 32.6 Å². The molecule has 0 aliphatic heterocycles. The number of aryl methyl sites for hydroxylation is 2. The van der Waals surface area contributed by atoms with E-state index in [0.717, 1.165) is 24.1 Å². The van der Waals surface area contributed by atoms with Crippen LogP contribution in [0.25, 0.3) is 0 Å². The third-order valence-corrected chi connectivity index (χ3v) is 4.48. The number of hydrazone groups is 1. The smallest absolute Gasteiger partial charge is 0.277 e. The summed E-state index contributed by atoms with van der Waals surface area (Å²) in [5.74, 6) is 0.0237. The van der Waals surface area contributed by atoms with Crippen molar-refractivity contribution in [3.63, 3.8) is 0 Å². The number of hydrogen-bond acceptors (Lipinski definition) is 4. The highest BCUT2D eigenvalue weighted by molar-refractivity contribution is 5.99. The van der Waals surface area contributed by atoms with Gasteiger partial charge in [-0.05, 0) is 67.5 Å². The van der Waals surface area contributed by atoms with E-state index in [1.165, 1.54) is 24.0 Å². The van der Waals surface area contributed by atoms with Crippen LogP contribution in [0.2, 0.25) is 0 Å². The van der Waals surface area contributed by atoms with E-state index in [1.807, 2.05) is 13.0 Å². The van der Waals surface area contributed by atoms with E-state index in [4.69, 9.17) is 10.00 Å². The van der Waals surface area contributed by atoms with E-state index >= 15 is 0 Å². The van der Waals surface area contributed by atoms with E-state index in [-0.39, 0.29) is 12.5 Å². The standard InChI is InChI=1S/C21H21N3O2/c1-15(17-11-10-16-6-2-3-7-18(16)12-17)23-24-21(25)14-26-20-9-5-4-8-19(20)13-22/h4-5,8-12H,2-3,6-7,14H2,1H3,(H,24,25)/b23-15+. The van der Waals surface area contributed by atoms with Crippen LogP contribution in [0.5, 0.6) is 5.75 Å². The van der Waals surface area contributed by atoms with Crippen LogP contribution in [0.3, 0.4) is 0 Å². The molecule has 0 heterocycles. The number of hydrogen-bond donors (Lipinski definition) is 1. The van der Waals surface area contributed by atoms with E-state index < -0.39 is 0 Å². The fourth-order valence-corrected chi connectivity index (χ4v) is 3.03. The second-order valence-electron chi connectivity index (χ2n) is 6.32. The van der Waals surface area contributed by atoms with Crippen LogP contribution in [0.1, 0.15) is 42.0 Å². The van der Waals surface area contributed by atoms with Crippen LogP contribution in [0, 0.1) is 11.3 Å². The Kier molecular flexibility index (Phi) is 5.65. The van der Waals surface area contributed by atoms with E-state index in [1.54, 1.807) is 24.3 Å². The number of carbonyl (C=O) groups excluding carboxylic acids is 1. The Bertz CT molecular complexity index is 881. The maximum absolute atomic E-state index is 12.0. The van der Waals surface area contributed by atoms with Crippen LogP contribution in [0.15, 0.2) is 47.6 Å². The van der Waals surface area contributed by atoms with E-state index in [2.05, 4.69) is 28.7 Å². The molecule has 26 heavy (non-hydrogen) atoms. The molecule has 1 aliphatic carbocycles. The predicted molar refractivity (Wildman–Crippen MR) is 100 cm³/mol. The lowest BCUT2D eigenvalue weighted by Crippen LogP contribution is -2.25. The molecule has 1 N–H and O–H groups in total. The highest BCUT2D eigenvalue weighted by atomic mass is 16.5. The number of carbonyl (C=O) groups is 1. The number of benzene rings is 2. The third-order valence-electron chi connectivity index (χ3n) is 4.48. The Morgan fingerprint density at radius 3 is 2.77 bits per heavy atom. The number of rotatable bonds is 5. The van der Waals surface area contributed by atoms with Gasteiger partial charge >= 0.3 is 0 Å². The molecule has 0 saturated carbocycles. The zero-order chi connectivity index (χ0) is 18.4. The molecule has 5 nitrogen and oxygen atoms in total. The largest absolute Gasteiger partial charge is 0.482 e. The zero-order valence-electron chi connectivity index (χ0n) is 14.8. The highest BCUT2D eigenvalue weighted by Gasteiger charge is 2.11. The molecule has 132 valence electrons. The summed E-state index contributed by atoms with van der Waals surface area (Å²) in [6.07, 6.45) is 4.73. The first-order valence-electron chi connectivity index (χ1n) is 8.74. The lowest BCUT2D eigenvalue weighted by molar-refractivity contribution is -0.123. The first-order chi connectivity index (χ1) is 12.7. The molecule has 2 aromatic rings. The number of para-hydroxylation sites is 1. The molecule has 0 radical (unpaired) electrons. The molecule has 3 rings (SSSR count). The summed E-state index contributed by atoms with van der Waals surface area (Å²) in [5.41, 5.74) is 7.47. The molecule has 0 aromatic heterocycles. The Hall–Kier alpha value is -3.13. The highest BCUT2D eigenvalue weighted by Crippen LogP contribution is 2.22. The van der Waals surface area contributed by atoms with Crippen LogP contribution in [0.4, 0.5) is 0 Å². The van der Waals surface area contributed by atoms with Gasteiger partial charge in [-0.15, -0.1) is 0 Å². The molecule has 0 bridgehead atoms. The van der Waals surface area contributed by atoms with Crippen molar-refractivity contribution in [2.24, 2.45) is 5.10 Å². The zero-order valence-corrected chi connectivity index (χ0v) is 14.8. The van der Waals surface area contributed by atoms with Gasteiger partial charge in [0.2, 0.25) is 0 Å². The Morgan fingerprint density at radius 1 is 1.19 bits per heavy atom. The van der Waals surface area contributed by atoms with Gasteiger partial charge in [0.25, 0.3) is 5.91 Å². The number of amides is 1. The summed E-state index contributed by atoms with van der Waals surface area (Å²) < 4.78 is 5.40. The van der Waals surface area contributed by atoms with Crippen molar-refractivity contribution in [1.82, 2.24) is 5.43 Å². The van der Waals surface area contributed by atoms with Gasteiger partial charge in [0.15, 0.2) is 6.61 Å². The van der Waals surface area contributed by atoms with Crippen molar-refractivity contribution in [1.29, 1.82) is 5.26 Å². The minimum Gasteiger partial charge on any atom is -0.482 e. The molecule has 0 unspecified atom stereocenters. The molecule has 0 saturated heterocycles. The van der Waals surface area contributed by atoms with Crippen molar-refractivity contribution < 1.29 is 9.53 Å². The van der Waals surface area contributed by atoms with Crippen molar-refractivity contribution in [3.05, 3.63) is 64.7 Å². The molecule has 5 heteroatoms. The van der Waals surface area contributed by atoms with Crippen molar-refractivity contribution in [3.8, 4) is 11.8 Å². The Labute approximate surface area is 153 Å². The lowest BCUT2D eigenvalue weighted by atomic mass is 9.90. The first-order valence-corrected chi connectivity index (χ1v) is 8.74. The van der Waals surface area contributed by atoms with Gasteiger partial charge in [0, 0.05) is 0 Å². The SMILES string of the molecule is C/C(=N\NC(=O)COc1ccccc1C#N)c1ccc2c(c1)CCCC2. The summed E-state index contributed by atoms with van der Waals surface area (Å²) in [6, 6.07) is 15.2. The quantitative estimate of drug-likeness (QED) is 0.666. The summed E-state index contributed by atoms with van der Waals surface area (Å²) in [6.45, 7) is 1.68. The average Bonchev–Trinajstić information content (AvgIpc) is 2.70. The third kappa shape index (κ3) is 4.28. The first kappa shape index (κ1) is 17.7. The molecule has 2 aromatic carbocycles. The van der Waals surface area contributed by atoms with E-state index in [9.17, 15) is 4.79 Å². The minimum absolute atomic E-state index is 0.195. The molecule has 1 aliphatic rings. The Balaban J connectivity index is 1.58. The summed E-state index contributed by atoms with van der Waals surface area (Å²) in [5, 5.41) is 13.2. The maximum atomic E-state index is 12.0. The molecule has 1 amide bonds. The normalized spacial score (nSPS) is 13.5. The van der Waals surface area contributed by atoms with Gasteiger partial charge < -0.3 is 4.74 Å². The topological polar surface area (TPSA) is 74.5 Å². The molecular weight excluding hydrogens is 326 g/mol. The molecule has 0 atom stereocenters. The van der Waals surface area contributed by atoms with Crippen molar-refractivity contribution in [2.75, 3.05) is 6.61 Å². The maximum Gasteiger partial charge on any atom is 0.277 e. The number of ether oxygens (including phenoxy) is 1. The predicted octanol–water partition coefficient (Wildman–Crippen LogP) is 3.36. The second kappa shape index (κ2) is 8.30. The van der Waals surface area contributed by atoms with Crippen LogP contribution in [-0.2, 0) is 17.6 Å². The second-order valence-corrected chi connectivity index (χ2v) is 6.32. The van der Waals surface area contributed by atoms with Gasteiger partial charge in [0.05, 0.1) is 11.3 Å². The molecular formula is C21H21N3O2. The molecule has 0 fully saturated rings. The van der Waals surface area contributed by atoms with E-state index in [0.29, 0.717) is 11.3 Å². The average molecular weight is 347 g/mol. The molecule has 0 spiro atoms. The summed E-state index contributed by atoms with van der Waals surface area (Å²) in [4.78, 5) is 12.0. The minimum atomic E-state index is -0.366. The van der Waals surface area contributed by atoms with Gasteiger partial charge in [-0.3, -0.25) is 4.79 Å². The van der Waals surface area contributed by atoms with Gasteiger partial charge in [0.1, 0.15) is 11.8 Å². The fraction of sp³-hybridized carbons (Fsp3) is 0.286. The summed E-state index contributed by atoms with van der Waals surface area (Å²) in [7, 11) is 0. The van der Waals surface area contributed by atoms with Gasteiger partial charge in [-0.1, -0.05) is 24.3 Å². The van der Waals surface area contributed by atoms with Gasteiger partial charge in [-0.2, -0.15) is 10.4 Å². The monoisotopic (exact) mass is 347 g/mol. The number of nitrogens with one attached hydrogen (secondary N) is 1. The number of nitriles is 1. The number of nitrogens with zero attached hydrogens (tertiary/aromatic N) is 2. The Morgan fingerprint density at radius 2 is 1.96 bits per heavy atom. The van der Waals surface area contributed by atoms with Crippen LogP contribution >= 0.6 is 0 Å².